The van der Waals surface area contributed by atoms with Crippen LogP contribution in [-0.2, 0) is 13.3 Å². The molecule has 0 aliphatic rings. The lowest BCUT2D eigenvalue weighted by Crippen LogP contribution is -2.50. The average Bonchev–Trinajstić information content (AvgIpc) is 2.75. The molecule has 0 radical (unpaired) electrons. The van der Waals surface area contributed by atoms with E-state index in [0.29, 0.717) is 5.92 Å². The minimum absolute atomic E-state index is 0.247. The van der Waals surface area contributed by atoms with Crippen LogP contribution in [0.4, 0.5) is 0 Å². The van der Waals surface area contributed by atoms with Crippen LogP contribution in [0.5, 0.6) is 0 Å². The zero-order valence-electron chi connectivity index (χ0n) is 22.1. The van der Waals surface area contributed by atoms with Gasteiger partial charge < -0.3 is 19.0 Å². The van der Waals surface area contributed by atoms with E-state index in [1.165, 1.54) is 103 Å². The van der Waals surface area contributed by atoms with E-state index in [0.717, 1.165) is 12.5 Å². The minimum atomic E-state index is -2.58. The summed E-state index contributed by atoms with van der Waals surface area (Å²) in [5.41, 5.74) is 6.23. The highest BCUT2D eigenvalue weighted by molar-refractivity contribution is 6.60. The van der Waals surface area contributed by atoms with E-state index in [9.17, 15) is 0 Å². The normalized spacial score (nSPS) is 13.6. The lowest BCUT2D eigenvalue weighted by atomic mass is 9.85. The third kappa shape index (κ3) is 16.3. The summed E-state index contributed by atoms with van der Waals surface area (Å²) in [6.45, 7) is 6.52. The van der Waals surface area contributed by atoms with Gasteiger partial charge in [0.15, 0.2) is 0 Å². The molecule has 0 bridgehead atoms. The van der Waals surface area contributed by atoms with E-state index in [4.69, 9.17) is 19.0 Å². The average molecular weight is 460 g/mol. The molecule has 0 spiro atoms. The van der Waals surface area contributed by atoms with Gasteiger partial charge in [-0.3, -0.25) is 0 Å². The molecule has 4 nitrogen and oxygen atoms in total. The Kier molecular flexibility index (Phi) is 19.6. The van der Waals surface area contributed by atoms with E-state index in [1.54, 1.807) is 21.3 Å². The summed E-state index contributed by atoms with van der Waals surface area (Å²) < 4.78 is 16.9. The van der Waals surface area contributed by atoms with E-state index in [2.05, 4.69) is 20.8 Å². The maximum atomic E-state index is 6.47. The van der Waals surface area contributed by atoms with E-state index < -0.39 is 8.80 Å². The molecule has 5 heteroatoms. The first kappa shape index (κ1) is 31.1. The standard InChI is InChI=1S/C26H57NO3Si/c1-7-8-9-10-11-12-13-14-15-16-17-18-19-20-21-22-23-25(26(2,3)27)24-31(28-4,29-5)30-6/h25H,7-24,27H2,1-6H3. The Morgan fingerprint density at radius 2 is 0.935 bits per heavy atom. The summed E-state index contributed by atoms with van der Waals surface area (Å²) in [6, 6.07) is 0.790. The number of unbranched alkanes of at least 4 members (excludes halogenated alkanes) is 15. The third-order valence-electron chi connectivity index (χ3n) is 6.89. The molecule has 31 heavy (non-hydrogen) atoms. The van der Waals surface area contributed by atoms with Crippen LogP contribution in [-0.4, -0.2) is 35.7 Å². The minimum Gasteiger partial charge on any atom is -0.377 e. The van der Waals surface area contributed by atoms with E-state index in [1.807, 2.05) is 0 Å². The monoisotopic (exact) mass is 459 g/mol. The summed E-state index contributed by atoms with van der Waals surface area (Å²) >= 11 is 0. The van der Waals surface area contributed by atoms with Gasteiger partial charge in [0.2, 0.25) is 0 Å². The van der Waals surface area contributed by atoms with Gasteiger partial charge in [-0.25, -0.2) is 0 Å². The van der Waals surface area contributed by atoms with Crippen molar-refractivity contribution in [2.24, 2.45) is 11.7 Å². The molecule has 0 aliphatic carbocycles. The first-order valence-electron chi connectivity index (χ1n) is 13.3. The molecule has 0 rings (SSSR count). The molecule has 2 N–H and O–H groups in total. The molecule has 0 aromatic carbocycles. The number of hydrogen-bond acceptors (Lipinski definition) is 4. The molecule has 0 fully saturated rings. The van der Waals surface area contributed by atoms with Gasteiger partial charge in [-0.15, -0.1) is 0 Å². The molecule has 0 aromatic heterocycles. The molecule has 0 saturated heterocycles. The number of nitrogens with two attached hydrogens (primary N) is 1. The molecule has 0 aromatic rings. The van der Waals surface area contributed by atoms with Gasteiger partial charge in [-0.2, -0.15) is 0 Å². The Morgan fingerprint density at radius 3 is 1.23 bits per heavy atom. The quantitative estimate of drug-likeness (QED) is 0.125. The van der Waals surface area contributed by atoms with Crippen LogP contribution in [0, 0.1) is 5.92 Å². The Labute approximate surface area is 196 Å². The van der Waals surface area contributed by atoms with E-state index >= 15 is 0 Å². The van der Waals surface area contributed by atoms with Crippen LogP contribution in [0.1, 0.15) is 130 Å². The van der Waals surface area contributed by atoms with Crippen LogP contribution >= 0.6 is 0 Å². The lowest BCUT2D eigenvalue weighted by Gasteiger charge is -2.35. The molecule has 1 unspecified atom stereocenters. The molecule has 0 saturated carbocycles. The molecule has 0 heterocycles. The lowest BCUT2D eigenvalue weighted by molar-refractivity contribution is 0.111. The predicted molar refractivity (Wildman–Crippen MR) is 138 cm³/mol. The number of hydrogen-bond donors (Lipinski definition) is 1. The predicted octanol–water partition coefficient (Wildman–Crippen LogP) is 7.87. The number of rotatable bonds is 23. The smallest absolute Gasteiger partial charge is 0.377 e. The van der Waals surface area contributed by atoms with Crippen LogP contribution in [0.3, 0.4) is 0 Å². The van der Waals surface area contributed by atoms with Crippen molar-refractivity contribution in [1.29, 1.82) is 0 Å². The van der Waals surface area contributed by atoms with Gasteiger partial charge in [0.05, 0.1) is 0 Å². The fourth-order valence-corrected chi connectivity index (χ4v) is 6.81. The van der Waals surface area contributed by atoms with Crippen LogP contribution in [0.15, 0.2) is 0 Å². The largest absolute Gasteiger partial charge is 0.500 e. The summed E-state index contributed by atoms with van der Waals surface area (Å²) in [5.74, 6) is 0.352. The summed E-state index contributed by atoms with van der Waals surface area (Å²) in [6.07, 6.45) is 23.5. The van der Waals surface area contributed by atoms with Crippen LogP contribution in [0.25, 0.3) is 0 Å². The Hall–Kier alpha value is 0.0569. The van der Waals surface area contributed by atoms with E-state index in [-0.39, 0.29) is 5.54 Å². The summed E-state index contributed by atoms with van der Waals surface area (Å²) in [7, 11) is 2.49. The van der Waals surface area contributed by atoms with Crippen molar-refractivity contribution < 1.29 is 13.3 Å². The third-order valence-corrected chi connectivity index (χ3v) is 9.75. The second kappa shape index (κ2) is 19.5. The van der Waals surface area contributed by atoms with Crippen molar-refractivity contribution in [3.63, 3.8) is 0 Å². The van der Waals surface area contributed by atoms with Crippen molar-refractivity contribution >= 4 is 8.80 Å². The fourth-order valence-electron chi connectivity index (χ4n) is 4.48. The van der Waals surface area contributed by atoms with Crippen molar-refractivity contribution in [2.75, 3.05) is 21.3 Å². The van der Waals surface area contributed by atoms with Crippen molar-refractivity contribution in [3.05, 3.63) is 0 Å². The zero-order chi connectivity index (χ0) is 23.4. The Balaban J connectivity index is 3.72. The van der Waals surface area contributed by atoms with Crippen LogP contribution in [0.2, 0.25) is 6.04 Å². The SMILES string of the molecule is CCCCCCCCCCCCCCCCCCC(C[Si](OC)(OC)OC)C(C)(C)N. The molecular weight excluding hydrogens is 402 g/mol. The Bertz CT molecular complexity index is 375. The topological polar surface area (TPSA) is 53.7 Å². The van der Waals surface area contributed by atoms with Gasteiger partial charge >= 0.3 is 8.80 Å². The highest BCUT2D eigenvalue weighted by atomic mass is 28.4. The van der Waals surface area contributed by atoms with Crippen molar-refractivity contribution in [3.8, 4) is 0 Å². The van der Waals surface area contributed by atoms with Gasteiger partial charge in [-0.1, -0.05) is 110 Å². The molecule has 188 valence electrons. The van der Waals surface area contributed by atoms with Crippen LogP contribution < -0.4 is 5.73 Å². The first-order chi connectivity index (χ1) is 14.8. The van der Waals surface area contributed by atoms with Crippen molar-refractivity contribution in [1.82, 2.24) is 0 Å². The molecule has 1 atom stereocenters. The van der Waals surface area contributed by atoms with Gasteiger partial charge in [0.25, 0.3) is 0 Å². The second-order valence-electron chi connectivity index (χ2n) is 10.1. The highest BCUT2D eigenvalue weighted by Crippen LogP contribution is 2.31. The summed E-state index contributed by atoms with van der Waals surface area (Å²) in [4.78, 5) is 0. The Morgan fingerprint density at radius 1 is 0.613 bits per heavy atom. The fraction of sp³-hybridized carbons (Fsp3) is 1.00. The van der Waals surface area contributed by atoms with Gasteiger partial charge in [0.1, 0.15) is 0 Å². The zero-order valence-corrected chi connectivity index (χ0v) is 23.1. The summed E-state index contributed by atoms with van der Waals surface area (Å²) in [5, 5.41) is 0. The van der Waals surface area contributed by atoms with Gasteiger partial charge in [0, 0.05) is 32.9 Å². The van der Waals surface area contributed by atoms with Gasteiger partial charge in [-0.05, 0) is 26.2 Å². The maximum absolute atomic E-state index is 6.47. The molecule has 0 amide bonds. The first-order valence-corrected chi connectivity index (χ1v) is 15.2. The molecular formula is C26H57NO3Si. The van der Waals surface area contributed by atoms with Crippen molar-refractivity contribution in [2.45, 2.75) is 142 Å². The second-order valence-corrected chi connectivity index (χ2v) is 13.1. The highest BCUT2D eigenvalue weighted by Gasteiger charge is 2.43. The maximum Gasteiger partial charge on any atom is 0.500 e. The molecule has 0 aliphatic heterocycles.